The minimum atomic E-state index is -1.17. The molecule has 3 heterocycles. The molecule has 0 bridgehead atoms. The standard InChI is InChI=1S/C19H18N6O4S2/c26-15-13(23-18(29)21-8-11-4-2-1-3-5-11)16-25(15)14(17(27)28)12(9-30-16)10-31-19-20-6-7-22-24-19/h1-7,13,16H,8-10H2,(H,27,28)(H2,21,23,29)/t13?,16-/m0/s1. The summed E-state index contributed by atoms with van der Waals surface area (Å²) in [5.74, 6) is -0.863. The highest BCUT2D eigenvalue weighted by atomic mass is 32.2. The van der Waals surface area contributed by atoms with Crippen LogP contribution in [0.3, 0.4) is 0 Å². The number of nitrogens with zero attached hydrogens (tertiary/aromatic N) is 4. The van der Waals surface area contributed by atoms with Crippen LogP contribution < -0.4 is 10.6 Å². The fraction of sp³-hybridized carbons (Fsp3) is 0.263. The van der Waals surface area contributed by atoms with Gasteiger partial charge in [0.2, 0.25) is 5.16 Å². The number of carbonyl (C=O) groups is 3. The van der Waals surface area contributed by atoms with Crippen LogP contribution in [-0.4, -0.2) is 66.0 Å². The van der Waals surface area contributed by atoms with Gasteiger partial charge >= 0.3 is 12.0 Å². The summed E-state index contributed by atoms with van der Waals surface area (Å²) in [6.07, 6.45) is 2.96. The predicted molar refractivity (Wildman–Crippen MR) is 114 cm³/mol. The van der Waals surface area contributed by atoms with Crippen LogP contribution in [0.15, 0.2) is 59.2 Å². The number of hydrogen-bond acceptors (Lipinski definition) is 8. The number of hydrogen-bond donors (Lipinski definition) is 3. The van der Waals surface area contributed by atoms with Gasteiger partial charge in [-0.05, 0) is 11.1 Å². The van der Waals surface area contributed by atoms with Crippen LogP contribution in [0.2, 0.25) is 0 Å². The second-order valence-corrected chi connectivity index (χ2v) is 8.72. The summed E-state index contributed by atoms with van der Waals surface area (Å²) in [5.41, 5.74) is 1.50. The van der Waals surface area contributed by atoms with Gasteiger partial charge in [0.05, 0.1) is 12.4 Å². The maximum Gasteiger partial charge on any atom is 0.352 e. The van der Waals surface area contributed by atoms with E-state index in [2.05, 4.69) is 25.8 Å². The van der Waals surface area contributed by atoms with E-state index in [4.69, 9.17) is 0 Å². The topological polar surface area (TPSA) is 137 Å². The fourth-order valence-corrected chi connectivity index (χ4v) is 5.48. The summed E-state index contributed by atoms with van der Waals surface area (Å²) in [6.45, 7) is 0.327. The van der Waals surface area contributed by atoms with Gasteiger partial charge in [-0.15, -0.1) is 16.9 Å². The largest absolute Gasteiger partial charge is 0.477 e. The number of benzene rings is 1. The van der Waals surface area contributed by atoms with Crippen molar-refractivity contribution in [2.24, 2.45) is 0 Å². The van der Waals surface area contributed by atoms with Crippen LogP contribution in [-0.2, 0) is 16.1 Å². The number of urea groups is 1. The molecule has 1 unspecified atom stereocenters. The molecule has 1 saturated heterocycles. The Hall–Kier alpha value is -3.12. The van der Waals surface area contributed by atoms with E-state index in [-0.39, 0.29) is 5.70 Å². The third-order valence-electron chi connectivity index (χ3n) is 4.67. The average molecular weight is 459 g/mol. The van der Waals surface area contributed by atoms with Crippen molar-refractivity contribution < 1.29 is 19.5 Å². The van der Waals surface area contributed by atoms with Crippen molar-refractivity contribution in [2.45, 2.75) is 23.1 Å². The molecule has 12 heteroatoms. The number of rotatable bonds is 7. The van der Waals surface area contributed by atoms with Crippen LogP contribution in [0.4, 0.5) is 4.79 Å². The zero-order valence-electron chi connectivity index (χ0n) is 16.1. The Labute approximate surface area is 185 Å². The van der Waals surface area contributed by atoms with Crippen molar-refractivity contribution in [1.29, 1.82) is 0 Å². The van der Waals surface area contributed by atoms with Gasteiger partial charge in [-0.3, -0.25) is 9.69 Å². The molecule has 4 rings (SSSR count). The molecule has 10 nitrogen and oxygen atoms in total. The molecule has 2 aromatic rings. The zero-order chi connectivity index (χ0) is 21.8. The van der Waals surface area contributed by atoms with Crippen molar-refractivity contribution in [2.75, 3.05) is 11.5 Å². The molecule has 2 atom stereocenters. The number of carboxylic acid groups (broad SMARTS) is 1. The SMILES string of the molecule is O=C(NCc1ccccc1)NC1C(=O)N2C(C(=O)O)=C(CSc3nccnn3)CS[C@@H]12. The van der Waals surface area contributed by atoms with Gasteiger partial charge in [-0.2, -0.15) is 5.10 Å². The van der Waals surface area contributed by atoms with Crippen LogP contribution in [0.1, 0.15) is 5.56 Å². The maximum atomic E-state index is 12.7. The molecule has 3 N–H and O–H groups in total. The van der Waals surface area contributed by atoms with Crippen molar-refractivity contribution in [3.63, 3.8) is 0 Å². The number of carbonyl (C=O) groups excluding carboxylic acids is 2. The smallest absolute Gasteiger partial charge is 0.352 e. The molecular weight excluding hydrogens is 440 g/mol. The van der Waals surface area contributed by atoms with Gasteiger partial charge in [0.25, 0.3) is 5.91 Å². The summed E-state index contributed by atoms with van der Waals surface area (Å²) in [6, 6.07) is 8.15. The lowest BCUT2D eigenvalue weighted by atomic mass is 10.0. The first-order chi connectivity index (χ1) is 15.0. The summed E-state index contributed by atoms with van der Waals surface area (Å²) >= 11 is 2.67. The number of carboxylic acids is 1. The van der Waals surface area contributed by atoms with Gasteiger partial charge in [0.15, 0.2) is 0 Å². The second-order valence-electron chi connectivity index (χ2n) is 6.67. The Balaban J connectivity index is 1.38. The molecule has 1 aromatic heterocycles. The molecular formula is C19H18N6O4S2. The molecule has 31 heavy (non-hydrogen) atoms. The third-order valence-corrected chi connectivity index (χ3v) is 6.95. The van der Waals surface area contributed by atoms with Gasteiger partial charge in [-0.1, -0.05) is 42.1 Å². The molecule has 1 fully saturated rings. The first kappa shape index (κ1) is 21.1. The normalized spacial score (nSPS) is 20.0. The molecule has 1 aromatic carbocycles. The van der Waals surface area contributed by atoms with Gasteiger partial charge in [-0.25, -0.2) is 14.6 Å². The number of β-lactam (4-membered cyclic amide) rings is 1. The lowest BCUT2D eigenvalue weighted by molar-refractivity contribution is -0.148. The Kier molecular flexibility index (Phi) is 6.37. The number of nitrogens with one attached hydrogen (secondary N) is 2. The second kappa shape index (κ2) is 9.35. The van der Waals surface area contributed by atoms with E-state index in [1.54, 1.807) is 0 Å². The van der Waals surface area contributed by atoms with Gasteiger partial charge in [0, 0.05) is 18.1 Å². The lowest BCUT2D eigenvalue weighted by Gasteiger charge is -2.49. The molecule has 0 saturated carbocycles. The Morgan fingerprint density at radius 3 is 2.77 bits per heavy atom. The van der Waals surface area contributed by atoms with E-state index in [0.29, 0.717) is 28.8 Å². The quantitative estimate of drug-likeness (QED) is 0.411. The molecule has 2 aliphatic rings. The minimum Gasteiger partial charge on any atom is -0.477 e. The Morgan fingerprint density at radius 1 is 1.26 bits per heavy atom. The first-order valence-electron chi connectivity index (χ1n) is 9.29. The van der Waals surface area contributed by atoms with E-state index in [9.17, 15) is 19.5 Å². The Morgan fingerprint density at radius 2 is 2.06 bits per heavy atom. The third kappa shape index (κ3) is 4.64. The molecule has 160 valence electrons. The average Bonchev–Trinajstić information content (AvgIpc) is 2.80. The Bertz CT molecular complexity index is 1020. The van der Waals surface area contributed by atoms with Gasteiger partial charge < -0.3 is 15.7 Å². The van der Waals surface area contributed by atoms with Crippen molar-refractivity contribution in [3.05, 3.63) is 59.6 Å². The summed E-state index contributed by atoms with van der Waals surface area (Å²) < 4.78 is 0. The van der Waals surface area contributed by atoms with E-state index in [0.717, 1.165) is 5.56 Å². The summed E-state index contributed by atoms with van der Waals surface area (Å²) in [7, 11) is 0. The van der Waals surface area contributed by atoms with E-state index in [1.807, 2.05) is 30.3 Å². The lowest BCUT2D eigenvalue weighted by Crippen LogP contribution is -2.71. The van der Waals surface area contributed by atoms with Crippen LogP contribution in [0, 0.1) is 0 Å². The first-order valence-corrected chi connectivity index (χ1v) is 11.3. The molecule has 3 amide bonds. The van der Waals surface area contributed by atoms with Crippen molar-refractivity contribution in [1.82, 2.24) is 30.7 Å². The number of fused-ring (bicyclic) bond motifs is 1. The maximum absolute atomic E-state index is 12.7. The van der Waals surface area contributed by atoms with E-state index >= 15 is 0 Å². The van der Waals surface area contributed by atoms with Crippen molar-refractivity contribution >= 4 is 41.4 Å². The van der Waals surface area contributed by atoms with Crippen LogP contribution in [0.25, 0.3) is 0 Å². The van der Waals surface area contributed by atoms with Crippen molar-refractivity contribution in [3.8, 4) is 0 Å². The summed E-state index contributed by atoms with van der Waals surface area (Å²) in [5, 5.41) is 22.7. The van der Waals surface area contributed by atoms with Crippen LogP contribution >= 0.6 is 23.5 Å². The molecule has 0 spiro atoms. The number of aromatic nitrogens is 3. The summed E-state index contributed by atoms with van der Waals surface area (Å²) in [4.78, 5) is 42.1. The number of thioether (sulfide) groups is 2. The minimum absolute atomic E-state index is 0.0344. The fourth-order valence-electron chi connectivity index (χ4n) is 3.22. The zero-order valence-corrected chi connectivity index (χ0v) is 17.7. The van der Waals surface area contributed by atoms with E-state index in [1.165, 1.54) is 40.8 Å². The number of aliphatic carboxylic acids is 1. The van der Waals surface area contributed by atoms with E-state index < -0.39 is 29.3 Å². The molecule has 0 radical (unpaired) electrons. The monoisotopic (exact) mass is 458 g/mol. The van der Waals surface area contributed by atoms with Crippen LogP contribution in [0.5, 0.6) is 0 Å². The highest BCUT2D eigenvalue weighted by Gasteiger charge is 2.54. The highest BCUT2D eigenvalue weighted by Crippen LogP contribution is 2.41. The molecule has 0 aliphatic carbocycles. The van der Waals surface area contributed by atoms with Gasteiger partial charge in [0.1, 0.15) is 17.1 Å². The molecule has 2 aliphatic heterocycles. The number of amides is 3. The highest BCUT2D eigenvalue weighted by molar-refractivity contribution is 8.01. The predicted octanol–water partition coefficient (Wildman–Crippen LogP) is 1.09.